The molecule has 1 saturated carbocycles. The summed E-state index contributed by atoms with van der Waals surface area (Å²) in [5, 5.41) is 6.71. The molecule has 0 unspecified atom stereocenters. The van der Waals surface area contributed by atoms with Gasteiger partial charge in [-0.1, -0.05) is 43.3 Å². The van der Waals surface area contributed by atoms with Gasteiger partial charge in [-0.15, -0.1) is 0 Å². The lowest BCUT2D eigenvalue weighted by Crippen LogP contribution is -2.46. The third kappa shape index (κ3) is 7.00. The zero-order valence-electron chi connectivity index (χ0n) is 24.2. The number of aryl methyl sites for hydroxylation is 1. The molecule has 1 amide bonds. The fraction of sp³-hybridized carbons (Fsp3) is 0.387. The predicted octanol–water partition coefficient (Wildman–Crippen LogP) is 6.39. The molecule has 0 spiro atoms. The van der Waals surface area contributed by atoms with Crippen molar-refractivity contribution in [3.8, 4) is 29.0 Å². The molecule has 2 heterocycles. The average molecular weight is 558 g/mol. The minimum Gasteiger partial charge on any atom is -0.490 e. The summed E-state index contributed by atoms with van der Waals surface area (Å²) in [5.74, 6) is 2.26. The highest BCUT2D eigenvalue weighted by Crippen LogP contribution is 2.35. The Morgan fingerprint density at radius 3 is 2.10 bits per heavy atom. The van der Waals surface area contributed by atoms with Crippen molar-refractivity contribution >= 4 is 6.09 Å². The zero-order valence-corrected chi connectivity index (χ0v) is 24.2. The van der Waals surface area contributed by atoms with Crippen LogP contribution in [0, 0.1) is 6.92 Å². The Labute approximate surface area is 239 Å². The van der Waals surface area contributed by atoms with Crippen LogP contribution in [0.15, 0.2) is 65.3 Å². The first kappa shape index (κ1) is 28.1. The van der Waals surface area contributed by atoms with Crippen LogP contribution in [0.2, 0.25) is 0 Å². The van der Waals surface area contributed by atoms with Crippen LogP contribution in [-0.2, 0) is 10.2 Å². The van der Waals surface area contributed by atoms with Gasteiger partial charge in [-0.25, -0.2) is 9.78 Å². The fourth-order valence-electron chi connectivity index (χ4n) is 4.47. The number of hydrogen-bond acceptors (Lipinski definition) is 9. The molecule has 2 aromatic heterocycles. The van der Waals surface area contributed by atoms with Gasteiger partial charge in [0.1, 0.15) is 29.4 Å². The maximum Gasteiger partial charge on any atom is 0.407 e. The van der Waals surface area contributed by atoms with E-state index in [0.717, 1.165) is 16.9 Å². The van der Waals surface area contributed by atoms with Crippen LogP contribution >= 0.6 is 0 Å². The third-order valence-electron chi connectivity index (χ3n) is 6.86. The van der Waals surface area contributed by atoms with Gasteiger partial charge in [0.25, 0.3) is 0 Å². The predicted molar refractivity (Wildman–Crippen MR) is 152 cm³/mol. The SMILES string of the molecule is Cc1nc(-c2ccnc(Oc3ccc(C(C)(C)c4ccc(OC5CC(OC(=O)NC(C)(C)C)C5)cc4)cc3)n2)no1. The summed E-state index contributed by atoms with van der Waals surface area (Å²) in [6.45, 7) is 11.8. The molecule has 5 rings (SSSR count). The number of nitrogens with one attached hydrogen (secondary N) is 1. The van der Waals surface area contributed by atoms with E-state index in [0.29, 0.717) is 36.0 Å². The molecule has 0 bridgehead atoms. The lowest BCUT2D eigenvalue weighted by molar-refractivity contribution is -0.0243. The van der Waals surface area contributed by atoms with Crippen LogP contribution in [0.25, 0.3) is 11.5 Å². The topological polar surface area (TPSA) is 121 Å². The number of carbonyl (C=O) groups excluding carboxylic acids is 1. The van der Waals surface area contributed by atoms with Crippen molar-refractivity contribution in [2.45, 2.75) is 77.5 Å². The van der Waals surface area contributed by atoms with Gasteiger partial charge in [-0.3, -0.25) is 0 Å². The van der Waals surface area contributed by atoms with E-state index in [1.165, 1.54) is 0 Å². The number of carbonyl (C=O) groups is 1. The number of nitrogens with zero attached hydrogens (tertiary/aromatic N) is 4. The third-order valence-corrected chi connectivity index (χ3v) is 6.86. The molecule has 2 aromatic carbocycles. The first-order chi connectivity index (χ1) is 19.4. The Hall–Kier alpha value is -4.47. The number of rotatable bonds is 8. The molecule has 0 atom stereocenters. The van der Waals surface area contributed by atoms with Gasteiger partial charge >= 0.3 is 12.1 Å². The van der Waals surface area contributed by atoms with E-state index < -0.39 is 0 Å². The van der Waals surface area contributed by atoms with Crippen LogP contribution in [0.1, 0.15) is 64.5 Å². The molecule has 41 heavy (non-hydrogen) atoms. The average Bonchev–Trinajstić information content (AvgIpc) is 3.33. The number of hydrogen-bond donors (Lipinski definition) is 1. The lowest BCUT2D eigenvalue weighted by atomic mass is 9.78. The summed E-state index contributed by atoms with van der Waals surface area (Å²) in [6.07, 6.45) is 2.51. The maximum absolute atomic E-state index is 11.9. The largest absolute Gasteiger partial charge is 0.490 e. The van der Waals surface area contributed by atoms with E-state index in [-0.39, 0.29) is 35.3 Å². The van der Waals surface area contributed by atoms with Crippen molar-refractivity contribution in [2.24, 2.45) is 0 Å². The molecule has 1 aliphatic carbocycles. The molecule has 10 nitrogen and oxygen atoms in total. The fourth-order valence-corrected chi connectivity index (χ4v) is 4.47. The summed E-state index contributed by atoms with van der Waals surface area (Å²) < 4.78 is 22.5. The summed E-state index contributed by atoms with van der Waals surface area (Å²) >= 11 is 0. The summed E-state index contributed by atoms with van der Waals surface area (Å²) in [4.78, 5) is 24.7. The van der Waals surface area contributed by atoms with Crippen LogP contribution in [-0.4, -0.2) is 43.9 Å². The molecular formula is C31H35N5O5. The molecular weight excluding hydrogens is 522 g/mol. The second kappa shape index (κ2) is 11.2. The van der Waals surface area contributed by atoms with Crippen molar-refractivity contribution in [2.75, 3.05) is 0 Å². The van der Waals surface area contributed by atoms with Gasteiger partial charge in [0.2, 0.25) is 11.7 Å². The Morgan fingerprint density at radius 2 is 1.51 bits per heavy atom. The smallest absolute Gasteiger partial charge is 0.407 e. The Kier molecular flexibility index (Phi) is 7.66. The number of amides is 1. The van der Waals surface area contributed by atoms with Crippen LogP contribution in [0.5, 0.6) is 17.5 Å². The molecule has 0 aliphatic heterocycles. The minimum atomic E-state index is -0.384. The molecule has 214 valence electrons. The zero-order chi connectivity index (χ0) is 29.2. The van der Waals surface area contributed by atoms with Gasteiger partial charge in [-0.2, -0.15) is 9.97 Å². The summed E-state index contributed by atoms with van der Waals surface area (Å²) in [5.41, 5.74) is 2.23. The minimum absolute atomic E-state index is 0.0369. The highest BCUT2D eigenvalue weighted by atomic mass is 16.6. The Morgan fingerprint density at radius 1 is 0.878 bits per heavy atom. The van der Waals surface area contributed by atoms with Gasteiger partial charge in [0.05, 0.1) is 0 Å². The summed E-state index contributed by atoms with van der Waals surface area (Å²) in [6, 6.07) is 17.9. The number of benzene rings is 2. The van der Waals surface area contributed by atoms with Gasteiger partial charge in [0, 0.05) is 36.9 Å². The standard InChI is InChI=1S/C31H35N5O5/c1-19-33-27(36-41-19)26-15-16-32-28(34-26)39-23-13-9-21(10-14-23)31(5,6)20-7-11-22(12-8-20)38-24-17-25(18-24)40-29(37)35-30(2,3)4/h7-16,24-25H,17-18H2,1-6H3,(H,35,37). The van der Waals surface area contributed by atoms with Gasteiger partial charge < -0.3 is 24.1 Å². The van der Waals surface area contributed by atoms with Gasteiger partial charge in [0.15, 0.2) is 0 Å². The normalized spacial score (nSPS) is 16.9. The number of ether oxygens (including phenoxy) is 3. The summed E-state index contributed by atoms with van der Waals surface area (Å²) in [7, 11) is 0. The van der Waals surface area contributed by atoms with Gasteiger partial charge in [-0.05, 0) is 62.2 Å². The highest BCUT2D eigenvalue weighted by Gasteiger charge is 2.34. The molecule has 4 aromatic rings. The van der Waals surface area contributed by atoms with E-state index >= 15 is 0 Å². The van der Waals surface area contributed by atoms with E-state index in [1.54, 1.807) is 19.2 Å². The second-order valence-electron chi connectivity index (χ2n) is 11.8. The van der Waals surface area contributed by atoms with E-state index in [2.05, 4.69) is 51.4 Å². The quantitative estimate of drug-likeness (QED) is 0.263. The van der Waals surface area contributed by atoms with E-state index in [1.807, 2.05) is 57.2 Å². The lowest BCUT2D eigenvalue weighted by Gasteiger charge is -2.35. The van der Waals surface area contributed by atoms with Crippen molar-refractivity contribution in [1.29, 1.82) is 0 Å². The van der Waals surface area contributed by atoms with Crippen LogP contribution in [0.3, 0.4) is 0 Å². The van der Waals surface area contributed by atoms with E-state index in [4.69, 9.17) is 18.7 Å². The Bertz CT molecular complexity index is 1490. The maximum atomic E-state index is 11.9. The highest BCUT2D eigenvalue weighted by molar-refractivity contribution is 5.68. The van der Waals surface area contributed by atoms with Crippen molar-refractivity contribution in [3.63, 3.8) is 0 Å². The number of alkyl carbamates (subject to hydrolysis) is 1. The van der Waals surface area contributed by atoms with Crippen molar-refractivity contribution in [1.82, 2.24) is 25.4 Å². The van der Waals surface area contributed by atoms with Crippen molar-refractivity contribution < 1.29 is 23.5 Å². The second-order valence-corrected chi connectivity index (χ2v) is 11.8. The Balaban J connectivity index is 1.15. The first-order valence-electron chi connectivity index (χ1n) is 13.6. The monoisotopic (exact) mass is 557 g/mol. The molecule has 0 radical (unpaired) electrons. The number of aromatic nitrogens is 4. The first-order valence-corrected chi connectivity index (χ1v) is 13.6. The van der Waals surface area contributed by atoms with Crippen LogP contribution < -0.4 is 14.8 Å². The van der Waals surface area contributed by atoms with Crippen LogP contribution in [0.4, 0.5) is 4.79 Å². The van der Waals surface area contributed by atoms with Crippen molar-refractivity contribution in [3.05, 3.63) is 77.8 Å². The molecule has 1 N–H and O–H groups in total. The molecule has 1 aliphatic rings. The molecule has 1 fully saturated rings. The van der Waals surface area contributed by atoms with E-state index in [9.17, 15) is 4.79 Å². The molecule has 10 heteroatoms. The molecule has 0 saturated heterocycles.